The molecular formula is C18H22ClN5O2S. The Morgan fingerprint density at radius 1 is 1.04 bits per heavy atom. The second-order valence-corrected chi connectivity index (χ2v) is 9.13. The van der Waals surface area contributed by atoms with E-state index in [1.807, 2.05) is 23.1 Å². The summed E-state index contributed by atoms with van der Waals surface area (Å²) in [6.45, 7) is 4.05. The van der Waals surface area contributed by atoms with E-state index in [0.717, 1.165) is 0 Å². The van der Waals surface area contributed by atoms with Gasteiger partial charge in [-0.15, -0.1) is 10.2 Å². The maximum atomic E-state index is 12.8. The van der Waals surface area contributed by atoms with Crippen molar-refractivity contribution in [1.29, 1.82) is 0 Å². The molecule has 2 aromatic rings. The molecule has 4 rings (SSSR count). The molecule has 7 nitrogen and oxygen atoms in total. The van der Waals surface area contributed by atoms with Gasteiger partial charge in [0.15, 0.2) is 11.0 Å². The van der Waals surface area contributed by atoms with Gasteiger partial charge >= 0.3 is 0 Å². The average molecular weight is 408 g/mol. The second-order valence-electron chi connectivity index (χ2n) is 7.04. The first kappa shape index (κ1) is 18.6. The van der Waals surface area contributed by atoms with Gasteiger partial charge in [0, 0.05) is 38.1 Å². The summed E-state index contributed by atoms with van der Waals surface area (Å²) in [6.07, 6.45) is 0. The molecule has 9 heteroatoms. The number of hydrogen-bond acceptors (Lipinski definition) is 5. The minimum Gasteiger partial charge on any atom is -0.352 e. The van der Waals surface area contributed by atoms with Crippen molar-refractivity contribution in [3.63, 3.8) is 0 Å². The lowest BCUT2D eigenvalue weighted by Gasteiger charge is -2.34. The van der Waals surface area contributed by atoms with Gasteiger partial charge in [0.05, 0.1) is 0 Å². The van der Waals surface area contributed by atoms with Crippen molar-refractivity contribution in [3.05, 3.63) is 53.2 Å². The molecule has 0 radical (unpaired) electrons. The van der Waals surface area contributed by atoms with Crippen LogP contribution in [-0.4, -0.2) is 55.1 Å². The lowest BCUT2D eigenvalue weighted by molar-refractivity contribution is 0.376. The molecule has 0 spiro atoms. The summed E-state index contributed by atoms with van der Waals surface area (Å²) in [5.41, 5.74) is 1.18. The summed E-state index contributed by atoms with van der Waals surface area (Å²) < 4.78 is 30.0. The van der Waals surface area contributed by atoms with Crippen LogP contribution >= 0.6 is 11.6 Å². The summed E-state index contributed by atoms with van der Waals surface area (Å²) in [7, 11) is -3.51. The summed E-state index contributed by atoms with van der Waals surface area (Å²) in [6, 6.07) is 13.5. The van der Waals surface area contributed by atoms with Crippen LogP contribution in [0.1, 0.15) is 18.4 Å². The van der Waals surface area contributed by atoms with Crippen LogP contribution in [-0.2, 0) is 10.2 Å². The molecule has 1 aliphatic carbocycles. The Labute approximate surface area is 164 Å². The number of rotatable bonds is 5. The van der Waals surface area contributed by atoms with Gasteiger partial charge in [-0.3, -0.25) is 0 Å². The molecule has 3 atom stereocenters. The Balaban J connectivity index is 1.36. The average Bonchev–Trinajstić information content (AvgIpc) is 3.31. The van der Waals surface area contributed by atoms with E-state index < -0.39 is 10.2 Å². The van der Waals surface area contributed by atoms with Crippen molar-refractivity contribution in [3.8, 4) is 0 Å². The molecule has 0 amide bonds. The fourth-order valence-corrected chi connectivity index (χ4v) is 5.31. The molecule has 2 aliphatic rings. The van der Waals surface area contributed by atoms with Gasteiger partial charge in [-0.25, -0.2) is 0 Å². The van der Waals surface area contributed by atoms with Crippen molar-refractivity contribution < 1.29 is 8.42 Å². The first-order chi connectivity index (χ1) is 13.0. The number of benzene rings is 1. The number of anilines is 1. The van der Waals surface area contributed by atoms with E-state index in [0.29, 0.717) is 43.1 Å². The minimum absolute atomic E-state index is 0.0439. The fourth-order valence-electron chi connectivity index (χ4n) is 3.71. The Morgan fingerprint density at radius 2 is 1.74 bits per heavy atom. The molecular weight excluding hydrogens is 386 g/mol. The van der Waals surface area contributed by atoms with Gasteiger partial charge in [-0.2, -0.15) is 17.4 Å². The van der Waals surface area contributed by atoms with Crippen LogP contribution in [0, 0.1) is 5.92 Å². The van der Waals surface area contributed by atoms with Crippen LogP contribution in [0.3, 0.4) is 0 Å². The molecule has 0 unspecified atom stereocenters. The third-order valence-electron chi connectivity index (χ3n) is 5.37. The zero-order valence-corrected chi connectivity index (χ0v) is 16.6. The van der Waals surface area contributed by atoms with Gasteiger partial charge in [0.25, 0.3) is 10.2 Å². The van der Waals surface area contributed by atoms with Crippen LogP contribution in [0.25, 0.3) is 0 Å². The number of hydrogen-bond donors (Lipinski definition) is 1. The molecule has 1 aliphatic heterocycles. The maximum Gasteiger partial charge on any atom is 0.279 e. The maximum absolute atomic E-state index is 12.8. The summed E-state index contributed by atoms with van der Waals surface area (Å²) in [5.74, 6) is 1.25. The first-order valence-electron chi connectivity index (χ1n) is 9.02. The normalized spacial score (nSPS) is 26.1. The highest BCUT2D eigenvalue weighted by atomic mass is 35.5. The molecule has 2 heterocycles. The number of aromatic nitrogens is 2. The van der Waals surface area contributed by atoms with Crippen molar-refractivity contribution in [2.45, 2.75) is 18.9 Å². The summed E-state index contributed by atoms with van der Waals surface area (Å²) in [5, 5.41) is 8.25. The minimum atomic E-state index is -3.51. The molecule has 1 saturated carbocycles. The zero-order valence-electron chi connectivity index (χ0n) is 15.0. The van der Waals surface area contributed by atoms with E-state index >= 15 is 0 Å². The third-order valence-corrected chi connectivity index (χ3v) is 7.19. The molecule has 144 valence electrons. The monoisotopic (exact) mass is 407 g/mol. The standard InChI is InChI=1S/C18H22ClN5O2S/c1-13-17(14-5-3-2-4-6-14)18(13)22-27(25,26)24-11-9-23(10-12-24)16-8-7-15(19)20-21-16/h2-8,13,17-18,22H,9-12H2,1H3/t13-,17-,18+/m1/s1. The topological polar surface area (TPSA) is 78.4 Å². The number of halogens is 1. The van der Waals surface area contributed by atoms with Crippen LogP contribution in [0.2, 0.25) is 5.15 Å². The molecule has 0 bridgehead atoms. The smallest absolute Gasteiger partial charge is 0.279 e. The highest BCUT2D eigenvalue weighted by molar-refractivity contribution is 7.87. The van der Waals surface area contributed by atoms with Crippen molar-refractivity contribution in [1.82, 2.24) is 19.2 Å². The van der Waals surface area contributed by atoms with Crippen molar-refractivity contribution >= 4 is 27.6 Å². The molecule has 27 heavy (non-hydrogen) atoms. The van der Waals surface area contributed by atoms with E-state index in [1.165, 1.54) is 9.87 Å². The number of piperazine rings is 1. The molecule has 1 saturated heterocycles. The van der Waals surface area contributed by atoms with Gasteiger partial charge in [-0.05, 0) is 23.6 Å². The van der Waals surface area contributed by atoms with Gasteiger partial charge < -0.3 is 4.90 Å². The van der Waals surface area contributed by atoms with E-state index in [-0.39, 0.29) is 12.0 Å². The first-order valence-corrected chi connectivity index (χ1v) is 10.8. The van der Waals surface area contributed by atoms with Gasteiger partial charge in [0.2, 0.25) is 0 Å². The van der Waals surface area contributed by atoms with E-state index in [9.17, 15) is 8.42 Å². The van der Waals surface area contributed by atoms with Crippen LogP contribution in [0.5, 0.6) is 0 Å². The van der Waals surface area contributed by atoms with Crippen molar-refractivity contribution in [2.75, 3.05) is 31.1 Å². The van der Waals surface area contributed by atoms with Gasteiger partial charge in [0.1, 0.15) is 0 Å². The Bertz CT molecular complexity index is 886. The predicted octanol–water partition coefficient (Wildman–Crippen LogP) is 1.89. The SMILES string of the molecule is C[C@H]1[C@H](NS(=O)(=O)N2CCN(c3ccc(Cl)nn3)CC2)[C@H]1c1ccccc1. The van der Waals surface area contributed by atoms with E-state index in [2.05, 4.69) is 34.0 Å². The predicted molar refractivity (Wildman–Crippen MR) is 105 cm³/mol. The Hall–Kier alpha value is -1.74. The highest BCUT2D eigenvalue weighted by Gasteiger charge is 2.50. The molecule has 1 aromatic heterocycles. The lowest BCUT2D eigenvalue weighted by Crippen LogP contribution is -2.52. The molecule has 2 fully saturated rings. The summed E-state index contributed by atoms with van der Waals surface area (Å²) >= 11 is 5.77. The zero-order chi connectivity index (χ0) is 19.0. The summed E-state index contributed by atoms with van der Waals surface area (Å²) in [4.78, 5) is 2.02. The van der Waals surface area contributed by atoms with E-state index in [4.69, 9.17) is 11.6 Å². The fraction of sp³-hybridized carbons (Fsp3) is 0.444. The largest absolute Gasteiger partial charge is 0.352 e. The van der Waals surface area contributed by atoms with Gasteiger partial charge in [-0.1, -0.05) is 48.9 Å². The third kappa shape index (κ3) is 3.94. The van der Waals surface area contributed by atoms with Crippen molar-refractivity contribution in [2.24, 2.45) is 5.92 Å². The number of nitrogens with zero attached hydrogens (tertiary/aromatic N) is 4. The van der Waals surface area contributed by atoms with Crippen LogP contribution < -0.4 is 9.62 Å². The second kappa shape index (κ2) is 7.35. The lowest BCUT2D eigenvalue weighted by atomic mass is 10.1. The Kier molecular flexibility index (Phi) is 5.07. The highest BCUT2D eigenvalue weighted by Crippen LogP contribution is 2.47. The van der Waals surface area contributed by atoms with E-state index in [1.54, 1.807) is 12.1 Å². The quantitative estimate of drug-likeness (QED) is 0.818. The molecule has 1 aromatic carbocycles. The van der Waals surface area contributed by atoms with Crippen LogP contribution in [0.4, 0.5) is 5.82 Å². The molecule has 1 N–H and O–H groups in total. The Morgan fingerprint density at radius 3 is 2.37 bits per heavy atom. The van der Waals surface area contributed by atoms with Crippen LogP contribution in [0.15, 0.2) is 42.5 Å². The number of nitrogens with one attached hydrogen (secondary N) is 1.